The third-order valence-electron chi connectivity index (χ3n) is 5.88. The Labute approximate surface area is 210 Å². The van der Waals surface area contributed by atoms with E-state index in [4.69, 9.17) is 9.84 Å². The zero-order valence-electron chi connectivity index (χ0n) is 19.8. The van der Waals surface area contributed by atoms with Gasteiger partial charge in [-0.2, -0.15) is 5.26 Å². The molecule has 9 heteroatoms. The summed E-state index contributed by atoms with van der Waals surface area (Å²) < 4.78 is 33.5. The molecule has 0 bridgehead atoms. The predicted octanol–water partition coefficient (Wildman–Crippen LogP) is 4.82. The van der Waals surface area contributed by atoms with Gasteiger partial charge in [0.05, 0.1) is 22.3 Å². The first kappa shape index (κ1) is 25.3. The number of thiazole rings is 1. The Morgan fingerprint density at radius 2 is 2.14 bits per heavy atom. The maximum Gasteiger partial charge on any atom is 0.212 e. The molecule has 1 aromatic heterocycles. The SMILES string of the molecule is CC(C)Oc1ccc(-c2ncc(-c3cccc4c3CCC[C@@H]4NS(=O)(=O)CCCO)s2)cc1C#N. The molecule has 0 unspecified atom stereocenters. The van der Waals surface area contributed by atoms with Gasteiger partial charge in [-0.15, -0.1) is 11.3 Å². The highest BCUT2D eigenvalue weighted by Gasteiger charge is 2.26. The van der Waals surface area contributed by atoms with Gasteiger partial charge in [0.15, 0.2) is 0 Å². The van der Waals surface area contributed by atoms with Gasteiger partial charge in [0.1, 0.15) is 16.8 Å². The summed E-state index contributed by atoms with van der Waals surface area (Å²) in [5, 5.41) is 19.4. The molecule has 2 aromatic carbocycles. The first-order chi connectivity index (χ1) is 16.8. The van der Waals surface area contributed by atoms with Crippen molar-refractivity contribution in [3.8, 4) is 32.8 Å². The van der Waals surface area contributed by atoms with E-state index in [1.807, 2.05) is 44.3 Å². The molecule has 0 aliphatic heterocycles. The van der Waals surface area contributed by atoms with Crippen LogP contribution in [-0.2, 0) is 16.4 Å². The van der Waals surface area contributed by atoms with Gasteiger partial charge in [0, 0.05) is 24.4 Å². The Bertz CT molecular complexity index is 1340. The lowest BCUT2D eigenvalue weighted by molar-refractivity contribution is 0.242. The molecular weight excluding hydrogens is 482 g/mol. The van der Waals surface area contributed by atoms with Crippen molar-refractivity contribution in [2.45, 2.75) is 51.7 Å². The van der Waals surface area contributed by atoms with Crippen LogP contribution in [0, 0.1) is 11.3 Å². The van der Waals surface area contributed by atoms with Crippen molar-refractivity contribution >= 4 is 21.4 Å². The number of rotatable bonds is 9. The smallest absolute Gasteiger partial charge is 0.212 e. The molecule has 4 rings (SSSR count). The minimum absolute atomic E-state index is 0.0216. The zero-order valence-corrected chi connectivity index (χ0v) is 21.5. The van der Waals surface area contributed by atoms with E-state index in [0.29, 0.717) is 11.3 Å². The molecule has 0 spiro atoms. The van der Waals surface area contributed by atoms with E-state index in [-0.39, 0.29) is 30.9 Å². The van der Waals surface area contributed by atoms with Gasteiger partial charge in [0.25, 0.3) is 0 Å². The first-order valence-electron chi connectivity index (χ1n) is 11.7. The van der Waals surface area contributed by atoms with Gasteiger partial charge >= 0.3 is 0 Å². The number of aliphatic hydroxyl groups is 1. The fourth-order valence-corrected chi connectivity index (χ4v) is 6.64. The van der Waals surface area contributed by atoms with Crippen LogP contribution >= 0.6 is 11.3 Å². The van der Waals surface area contributed by atoms with Gasteiger partial charge < -0.3 is 9.84 Å². The zero-order chi connectivity index (χ0) is 25.0. The highest BCUT2D eigenvalue weighted by Crippen LogP contribution is 2.40. The van der Waals surface area contributed by atoms with Crippen molar-refractivity contribution in [1.82, 2.24) is 9.71 Å². The summed E-state index contributed by atoms with van der Waals surface area (Å²) in [6.07, 6.45) is 4.53. The fraction of sp³-hybridized carbons (Fsp3) is 0.385. The minimum atomic E-state index is -3.47. The summed E-state index contributed by atoms with van der Waals surface area (Å²) in [4.78, 5) is 5.62. The second-order valence-electron chi connectivity index (χ2n) is 8.85. The van der Waals surface area contributed by atoms with Crippen LogP contribution in [0.3, 0.4) is 0 Å². The van der Waals surface area contributed by atoms with Crippen molar-refractivity contribution in [3.63, 3.8) is 0 Å². The molecule has 1 heterocycles. The third-order valence-corrected chi connectivity index (χ3v) is 8.43. The van der Waals surface area contributed by atoms with Crippen LogP contribution < -0.4 is 9.46 Å². The molecule has 1 aliphatic rings. The molecule has 7 nitrogen and oxygen atoms in total. The summed E-state index contributed by atoms with van der Waals surface area (Å²) in [7, 11) is -3.47. The fourth-order valence-electron chi connectivity index (χ4n) is 4.37. The molecule has 0 fully saturated rings. The molecule has 2 N–H and O–H groups in total. The number of fused-ring (bicyclic) bond motifs is 1. The van der Waals surface area contributed by atoms with Crippen molar-refractivity contribution in [2.75, 3.05) is 12.4 Å². The highest BCUT2D eigenvalue weighted by atomic mass is 32.2. The Morgan fingerprint density at radius 1 is 1.31 bits per heavy atom. The molecule has 1 aliphatic carbocycles. The van der Waals surface area contributed by atoms with Crippen molar-refractivity contribution in [1.29, 1.82) is 5.26 Å². The average Bonchev–Trinajstić information content (AvgIpc) is 3.32. The van der Waals surface area contributed by atoms with Crippen LogP contribution in [0.5, 0.6) is 5.75 Å². The van der Waals surface area contributed by atoms with Crippen molar-refractivity contribution < 1.29 is 18.3 Å². The summed E-state index contributed by atoms with van der Waals surface area (Å²) in [5.74, 6) is 0.478. The molecule has 3 aromatic rings. The lowest BCUT2D eigenvalue weighted by atomic mass is 9.85. The average molecular weight is 512 g/mol. The molecular formula is C26H29N3O4S2. The van der Waals surface area contributed by atoms with Gasteiger partial charge in [0.2, 0.25) is 10.0 Å². The standard InChI is InChI=1S/C26H29N3O4S2/c1-17(2)33-24-11-10-18(14-19(24)15-27)26-28-16-25(34-26)22-8-3-7-21-20(22)6-4-9-23(21)29-35(31,32)13-5-12-30/h3,7-8,10-11,14,16-17,23,29-30H,4-6,9,12-13H2,1-2H3/t23-/m0/s1. The minimum Gasteiger partial charge on any atom is -0.490 e. The Morgan fingerprint density at radius 3 is 2.89 bits per heavy atom. The predicted molar refractivity (Wildman–Crippen MR) is 138 cm³/mol. The van der Waals surface area contributed by atoms with E-state index < -0.39 is 10.0 Å². The van der Waals surface area contributed by atoms with Crippen LogP contribution in [0.4, 0.5) is 0 Å². The van der Waals surface area contributed by atoms with Gasteiger partial charge in [-0.25, -0.2) is 18.1 Å². The van der Waals surface area contributed by atoms with Crippen LogP contribution in [0.25, 0.3) is 21.0 Å². The maximum atomic E-state index is 12.5. The van der Waals surface area contributed by atoms with Crippen molar-refractivity contribution in [3.05, 3.63) is 59.3 Å². The number of aromatic nitrogens is 1. The Hall–Kier alpha value is -2.77. The van der Waals surface area contributed by atoms with Crippen molar-refractivity contribution in [2.24, 2.45) is 0 Å². The molecule has 0 amide bonds. The molecule has 0 saturated carbocycles. The van der Waals surface area contributed by atoms with E-state index in [9.17, 15) is 13.7 Å². The van der Waals surface area contributed by atoms with Crippen LogP contribution in [0.15, 0.2) is 42.6 Å². The first-order valence-corrected chi connectivity index (χ1v) is 14.2. The van der Waals surface area contributed by atoms with Gasteiger partial charge in [-0.05, 0) is 74.4 Å². The quantitative estimate of drug-likeness (QED) is 0.426. The second kappa shape index (κ2) is 10.9. The van der Waals surface area contributed by atoms with E-state index >= 15 is 0 Å². The largest absolute Gasteiger partial charge is 0.490 e. The van der Waals surface area contributed by atoms with Crippen LogP contribution in [0.2, 0.25) is 0 Å². The number of benzene rings is 2. The maximum absolute atomic E-state index is 12.5. The van der Waals surface area contributed by atoms with Gasteiger partial charge in [-0.3, -0.25) is 0 Å². The number of aliphatic hydroxyl groups excluding tert-OH is 1. The molecule has 1 atom stereocenters. The number of sulfonamides is 1. The summed E-state index contributed by atoms with van der Waals surface area (Å²) in [6.45, 7) is 3.70. The lowest BCUT2D eigenvalue weighted by Gasteiger charge is -2.27. The molecule has 0 saturated heterocycles. The second-order valence-corrected chi connectivity index (χ2v) is 11.8. The summed E-state index contributed by atoms with van der Waals surface area (Å²) in [6, 6.07) is 13.5. The normalized spacial score (nSPS) is 15.6. The molecule has 184 valence electrons. The number of hydrogen-bond donors (Lipinski definition) is 2. The van der Waals surface area contributed by atoms with E-state index in [2.05, 4.69) is 21.8 Å². The van der Waals surface area contributed by atoms with E-state index in [0.717, 1.165) is 51.4 Å². The lowest BCUT2D eigenvalue weighted by Crippen LogP contribution is -2.33. The summed E-state index contributed by atoms with van der Waals surface area (Å²) >= 11 is 1.55. The molecule has 35 heavy (non-hydrogen) atoms. The third kappa shape index (κ3) is 5.90. The Kier molecular flexibility index (Phi) is 7.87. The van der Waals surface area contributed by atoms with E-state index in [1.165, 1.54) is 0 Å². The number of ether oxygens (including phenoxy) is 1. The number of nitriles is 1. The van der Waals surface area contributed by atoms with Gasteiger partial charge in [-0.1, -0.05) is 18.2 Å². The monoisotopic (exact) mass is 511 g/mol. The summed E-state index contributed by atoms with van der Waals surface area (Å²) in [5.41, 5.74) is 4.53. The molecule has 0 radical (unpaired) electrons. The highest BCUT2D eigenvalue weighted by molar-refractivity contribution is 7.89. The Balaban J connectivity index is 1.63. The van der Waals surface area contributed by atoms with E-state index in [1.54, 1.807) is 17.4 Å². The number of nitrogens with one attached hydrogen (secondary N) is 1. The van der Waals surface area contributed by atoms with Crippen LogP contribution in [-0.4, -0.2) is 37.0 Å². The van der Waals surface area contributed by atoms with Crippen LogP contribution in [0.1, 0.15) is 55.8 Å². The number of hydrogen-bond acceptors (Lipinski definition) is 7. The number of nitrogens with zero attached hydrogens (tertiary/aromatic N) is 2. The topological polar surface area (TPSA) is 112 Å².